The molecule has 180 valence electrons. The normalized spacial score (nSPS) is 18.1. The predicted octanol–water partition coefficient (Wildman–Crippen LogP) is 4.75. The van der Waals surface area contributed by atoms with Crippen molar-refractivity contribution >= 4 is 56.6 Å². The first kappa shape index (κ1) is 23.7. The first-order valence-electron chi connectivity index (χ1n) is 11.7. The van der Waals surface area contributed by atoms with Gasteiger partial charge in [-0.3, -0.25) is 9.59 Å². The number of piperazine rings is 1. The Balaban J connectivity index is 1.19. The van der Waals surface area contributed by atoms with Gasteiger partial charge in [-0.25, -0.2) is 0 Å². The first-order chi connectivity index (χ1) is 16.4. The molecule has 9 heteroatoms. The summed E-state index contributed by atoms with van der Waals surface area (Å²) in [6.07, 6.45) is 2.19. The summed E-state index contributed by atoms with van der Waals surface area (Å²) in [5.74, 6) is 0.298. The van der Waals surface area contributed by atoms with E-state index in [0.29, 0.717) is 28.8 Å². The summed E-state index contributed by atoms with van der Waals surface area (Å²) >= 11 is 14.0. The van der Waals surface area contributed by atoms with E-state index in [0.717, 1.165) is 61.2 Å². The lowest BCUT2D eigenvalue weighted by atomic mass is 9.94. The molecule has 34 heavy (non-hydrogen) atoms. The number of fused-ring (bicyclic) bond motifs is 1. The van der Waals surface area contributed by atoms with Crippen molar-refractivity contribution in [3.63, 3.8) is 0 Å². The number of nitrogens with zero attached hydrogens (tertiary/aromatic N) is 3. The summed E-state index contributed by atoms with van der Waals surface area (Å²) in [6.45, 7) is 4.72. The van der Waals surface area contributed by atoms with Crippen molar-refractivity contribution in [1.29, 1.82) is 0 Å². The molecule has 0 radical (unpaired) electrons. The number of hydrogen-bond acceptors (Lipinski definition) is 4. The summed E-state index contributed by atoms with van der Waals surface area (Å²) in [6, 6.07) is 9.59. The minimum Gasteiger partial charge on any atom is -0.350 e. The lowest BCUT2D eigenvalue weighted by Gasteiger charge is -2.37. The highest BCUT2D eigenvalue weighted by Crippen LogP contribution is 2.31. The van der Waals surface area contributed by atoms with Crippen LogP contribution in [0.2, 0.25) is 10.0 Å². The number of likely N-dealkylation sites (tertiary alicyclic amines) is 1. The van der Waals surface area contributed by atoms with Crippen molar-refractivity contribution in [2.24, 2.45) is 5.92 Å². The molecular formula is C25H28Cl2N4O2S. The van der Waals surface area contributed by atoms with Crippen LogP contribution in [-0.2, 0) is 11.2 Å². The van der Waals surface area contributed by atoms with Crippen LogP contribution in [0.5, 0.6) is 0 Å². The number of rotatable bonds is 4. The van der Waals surface area contributed by atoms with Gasteiger partial charge in [0.15, 0.2) is 0 Å². The van der Waals surface area contributed by atoms with Crippen LogP contribution in [0.1, 0.15) is 33.8 Å². The zero-order valence-corrected chi connectivity index (χ0v) is 21.5. The van der Waals surface area contributed by atoms with Crippen molar-refractivity contribution in [2.45, 2.75) is 19.3 Å². The van der Waals surface area contributed by atoms with Gasteiger partial charge in [0.05, 0.1) is 10.2 Å². The highest BCUT2D eigenvalue weighted by molar-refractivity contribution is 7.19. The van der Waals surface area contributed by atoms with E-state index >= 15 is 0 Å². The molecule has 0 bridgehead atoms. The zero-order chi connectivity index (χ0) is 23.8. The Hall–Kier alpha value is -2.06. The molecular weight excluding hydrogens is 491 g/mol. The minimum atomic E-state index is 0.0104. The molecule has 3 aromatic rings. The Morgan fingerprint density at radius 3 is 2.41 bits per heavy atom. The van der Waals surface area contributed by atoms with Crippen LogP contribution in [-0.4, -0.2) is 77.8 Å². The van der Waals surface area contributed by atoms with Crippen molar-refractivity contribution in [3.8, 4) is 0 Å². The van der Waals surface area contributed by atoms with E-state index in [1.165, 1.54) is 4.88 Å². The maximum atomic E-state index is 13.1. The van der Waals surface area contributed by atoms with E-state index in [2.05, 4.69) is 23.0 Å². The summed E-state index contributed by atoms with van der Waals surface area (Å²) in [5, 5.41) is 1.29. The molecule has 2 amide bonds. The second kappa shape index (κ2) is 9.90. The van der Waals surface area contributed by atoms with Crippen LogP contribution in [0.25, 0.3) is 10.2 Å². The Kier molecular flexibility index (Phi) is 6.89. The third kappa shape index (κ3) is 4.98. The highest BCUT2D eigenvalue weighted by Gasteiger charge is 2.32. The van der Waals surface area contributed by atoms with Crippen LogP contribution in [0.3, 0.4) is 0 Å². The number of thiophene rings is 1. The smallest absolute Gasteiger partial charge is 0.270 e. The van der Waals surface area contributed by atoms with Crippen molar-refractivity contribution in [3.05, 3.63) is 56.5 Å². The van der Waals surface area contributed by atoms with Gasteiger partial charge in [-0.15, -0.1) is 11.3 Å². The Labute approximate surface area is 213 Å². The molecule has 0 unspecified atom stereocenters. The van der Waals surface area contributed by atoms with Gasteiger partial charge in [0, 0.05) is 66.5 Å². The van der Waals surface area contributed by atoms with E-state index in [4.69, 9.17) is 23.2 Å². The van der Waals surface area contributed by atoms with Crippen LogP contribution >= 0.6 is 34.5 Å². The average molecular weight is 519 g/mol. The van der Waals surface area contributed by atoms with Gasteiger partial charge < -0.3 is 19.7 Å². The highest BCUT2D eigenvalue weighted by atomic mass is 35.5. The van der Waals surface area contributed by atoms with E-state index < -0.39 is 0 Å². The monoisotopic (exact) mass is 518 g/mol. The zero-order valence-electron chi connectivity index (χ0n) is 19.2. The Bertz CT molecular complexity index is 1180. The number of halogens is 2. The number of nitrogens with one attached hydrogen (secondary N) is 1. The molecule has 0 saturated carbocycles. The van der Waals surface area contributed by atoms with Gasteiger partial charge in [-0.05, 0) is 49.7 Å². The molecule has 2 aliphatic heterocycles. The van der Waals surface area contributed by atoms with Gasteiger partial charge in [0.2, 0.25) is 5.91 Å². The molecule has 4 heterocycles. The number of amides is 2. The number of carbonyl (C=O) groups is 2. The quantitative estimate of drug-likeness (QED) is 0.541. The number of aromatic amines is 1. The number of piperidine rings is 1. The van der Waals surface area contributed by atoms with E-state index in [1.807, 2.05) is 28.0 Å². The molecule has 2 fully saturated rings. The third-order valence-corrected chi connectivity index (χ3v) is 8.58. The standard InChI is InChI=1S/C25H28Cl2N4O2S/c1-29-8-10-31(11-9-29)24(32)16-4-6-30(7-5-16)25(33)22-15-23-21(28-22)14-19(34-23)12-17-2-3-18(26)13-20(17)27/h2-3,13-16,28H,4-12H2,1H3. The molecule has 5 rings (SSSR count). The number of carbonyl (C=O) groups excluding carboxylic acids is 2. The van der Waals surface area contributed by atoms with Gasteiger partial charge in [-0.2, -0.15) is 0 Å². The molecule has 1 aromatic carbocycles. The molecule has 0 aliphatic carbocycles. The van der Waals surface area contributed by atoms with Crippen LogP contribution < -0.4 is 0 Å². The Morgan fingerprint density at radius 1 is 1.00 bits per heavy atom. The van der Waals surface area contributed by atoms with E-state index in [1.54, 1.807) is 17.4 Å². The molecule has 0 spiro atoms. The second-order valence-electron chi connectivity index (χ2n) is 9.28. The number of benzene rings is 1. The van der Waals surface area contributed by atoms with Crippen LogP contribution in [0.4, 0.5) is 0 Å². The molecule has 6 nitrogen and oxygen atoms in total. The molecule has 2 aromatic heterocycles. The summed E-state index contributed by atoms with van der Waals surface area (Å²) in [7, 11) is 2.09. The fourth-order valence-electron chi connectivity index (χ4n) is 4.81. The van der Waals surface area contributed by atoms with Crippen molar-refractivity contribution < 1.29 is 9.59 Å². The number of H-pyrrole nitrogens is 1. The molecule has 0 atom stereocenters. The van der Waals surface area contributed by atoms with E-state index in [9.17, 15) is 9.59 Å². The predicted molar refractivity (Wildman–Crippen MR) is 138 cm³/mol. The lowest BCUT2D eigenvalue weighted by Crippen LogP contribution is -2.51. The fraction of sp³-hybridized carbons (Fsp3) is 0.440. The summed E-state index contributed by atoms with van der Waals surface area (Å²) in [5.41, 5.74) is 2.61. The molecule has 1 N–H and O–H groups in total. The Morgan fingerprint density at radius 2 is 1.74 bits per heavy atom. The number of hydrogen-bond donors (Lipinski definition) is 1. The lowest BCUT2D eigenvalue weighted by molar-refractivity contribution is -0.138. The van der Waals surface area contributed by atoms with Gasteiger partial charge >= 0.3 is 0 Å². The summed E-state index contributed by atoms with van der Waals surface area (Å²) in [4.78, 5) is 36.6. The van der Waals surface area contributed by atoms with Gasteiger partial charge in [0.1, 0.15) is 5.69 Å². The van der Waals surface area contributed by atoms with Crippen LogP contribution in [0, 0.1) is 5.92 Å². The third-order valence-electron chi connectivity index (χ3n) is 6.91. The van der Waals surface area contributed by atoms with Gasteiger partial charge in [-0.1, -0.05) is 29.3 Å². The average Bonchev–Trinajstić information content (AvgIpc) is 3.39. The SMILES string of the molecule is CN1CCN(C(=O)C2CCN(C(=O)c3cc4sc(Cc5ccc(Cl)cc5Cl)cc4[nH]3)CC2)CC1. The maximum Gasteiger partial charge on any atom is 0.270 e. The van der Waals surface area contributed by atoms with Gasteiger partial charge in [0.25, 0.3) is 5.91 Å². The number of likely N-dealkylation sites (N-methyl/N-ethyl adjacent to an activating group) is 1. The van der Waals surface area contributed by atoms with E-state index in [-0.39, 0.29) is 17.7 Å². The largest absolute Gasteiger partial charge is 0.350 e. The molecule has 2 saturated heterocycles. The second-order valence-corrected chi connectivity index (χ2v) is 11.3. The fourth-order valence-corrected chi connectivity index (χ4v) is 6.37. The minimum absolute atomic E-state index is 0.0104. The first-order valence-corrected chi connectivity index (χ1v) is 13.3. The molecule has 2 aliphatic rings. The van der Waals surface area contributed by atoms with Crippen molar-refractivity contribution in [2.75, 3.05) is 46.3 Å². The van der Waals surface area contributed by atoms with Crippen molar-refractivity contribution in [1.82, 2.24) is 19.7 Å². The maximum absolute atomic E-state index is 13.1. The number of aromatic nitrogens is 1. The van der Waals surface area contributed by atoms with Crippen LogP contribution in [0.15, 0.2) is 30.3 Å². The topological polar surface area (TPSA) is 59.6 Å². The summed E-state index contributed by atoms with van der Waals surface area (Å²) < 4.78 is 1.06.